The Balaban J connectivity index is 0.949. The van der Waals surface area contributed by atoms with Crippen LogP contribution >= 0.6 is 0 Å². The third-order valence-electron chi connectivity index (χ3n) is 12.0. The van der Waals surface area contributed by atoms with Gasteiger partial charge in [0.15, 0.2) is 6.10 Å². The third kappa shape index (κ3) is 4.42. The molecule has 1 saturated heterocycles. The Bertz CT molecular complexity index is 1390. The van der Waals surface area contributed by atoms with Gasteiger partial charge in [-0.2, -0.15) is 17.2 Å². The van der Waals surface area contributed by atoms with Crippen LogP contribution < -0.4 is 0 Å². The van der Waals surface area contributed by atoms with Gasteiger partial charge in [-0.15, -0.1) is 0 Å². The number of fused-ring (bicyclic) bond motifs is 10. The molecule has 0 spiro atoms. The molecule has 6 saturated carbocycles. The van der Waals surface area contributed by atoms with Gasteiger partial charge in [0.05, 0.1) is 11.8 Å². The number of halogens is 2. The Kier molecular flexibility index (Phi) is 6.92. The minimum absolute atomic E-state index is 0.299. The molecule has 15 heteroatoms. The predicted octanol–water partition coefficient (Wildman–Crippen LogP) is 2.14. The summed E-state index contributed by atoms with van der Waals surface area (Å²) >= 11 is 0. The van der Waals surface area contributed by atoms with E-state index < -0.39 is 94.1 Å². The second-order valence-electron chi connectivity index (χ2n) is 14.2. The van der Waals surface area contributed by atoms with Gasteiger partial charge in [-0.1, -0.05) is 0 Å². The highest BCUT2D eigenvalue weighted by Crippen LogP contribution is 2.70. The van der Waals surface area contributed by atoms with E-state index in [4.69, 9.17) is 23.5 Å². The minimum atomic E-state index is -5.83. The van der Waals surface area contributed by atoms with Crippen molar-refractivity contribution in [1.82, 2.24) is 0 Å². The van der Waals surface area contributed by atoms with Gasteiger partial charge in [-0.05, 0) is 82.0 Å². The number of carbonyl (C=O) groups excluding carboxylic acids is 4. The van der Waals surface area contributed by atoms with Crippen molar-refractivity contribution in [2.45, 2.75) is 81.5 Å². The van der Waals surface area contributed by atoms with Crippen molar-refractivity contribution in [3.8, 4) is 0 Å². The number of hydrogen-bond acceptors (Lipinski definition) is 11. The molecule has 44 heavy (non-hydrogen) atoms. The molecule has 14 atom stereocenters. The maximum absolute atomic E-state index is 13.8. The molecule has 0 radical (unpaired) electrons. The molecule has 7 rings (SSSR count). The van der Waals surface area contributed by atoms with E-state index in [0.29, 0.717) is 37.0 Å². The predicted molar refractivity (Wildman–Crippen MR) is 140 cm³/mol. The van der Waals surface area contributed by atoms with E-state index in [0.717, 1.165) is 24.7 Å². The fourth-order valence-corrected chi connectivity index (χ4v) is 11.1. The summed E-state index contributed by atoms with van der Waals surface area (Å²) in [6.45, 7) is 0.819. The van der Waals surface area contributed by atoms with Crippen molar-refractivity contribution in [3.05, 3.63) is 0 Å². The molecule has 0 amide bonds. The summed E-state index contributed by atoms with van der Waals surface area (Å²) in [6, 6.07) is 0. The largest absolute Gasteiger partial charge is 0.459 e. The molecule has 6 aliphatic carbocycles. The molecule has 0 aromatic heterocycles. The first-order chi connectivity index (χ1) is 20.6. The van der Waals surface area contributed by atoms with Gasteiger partial charge in [0.1, 0.15) is 31.0 Å². The van der Waals surface area contributed by atoms with E-state index in [-0.39, 0.29) is 5.92 Å². The van der Waals surface area contributed by atoms with Crippen LogP contribution in [0.4, 0.5) is 8.78 Å². The molecule has 244 valence electrons. The summed E-state index contributed by atoms with van der Waals surface area (Å²) in [5.74, 6) is -1.84. The number of esters is 4. The lowest BCUT2D eigenvalue weighted by Gasteiger charge is -2.44. The number of ether oxygens (including phenoxy) is 5. The molecule has 1 aliphatic heterocycles. The summed E-state index contributed by atoms with van der Waals surface area (Å²) in [7, 11) is -5.83. The summed E-state index contributed by atoms with van der Waals surface area (Å²) < 4.78 is 84.0. The Hall–Kier alpha value is -2.39. The fraction of sp³-hybridized carbons (Fsp3) is 0.862. The zero-order valence-corrected chi connectivity index (χ0v) is 25.1. The zero-order valence-electron chi connectivity index (χ0n) is 24.3. The molecule has 7 aliphatic rings. The third-order valence-corrected chi connectivity index (χ3v) is 13.1. The van der Waals surface area contributed by atoms with Gasteiger partial charge in [-0.3, -0.25) is 14.1 Å². The normalized spacial score (nSPS) is 44.9. The van der Waals surface area contributed by atoms with Gasteiger partial charge < -0.3 is 23.7 Å². The molecule has 1 heterocycles. The van der Waals surface area contributed by atoms with E-state index in [1.807, 2.05) is 6.92 Å². The van der Waals surface area contributed by atoms with Gasteiger partial charge in [-0.25, -0.2) is 9.59 Å². The smallest absolute Gasteiger partial charge is 0.405 e. The summed E-state index contributed by atoms with van der Waals surface area (Å²) in [5.41, 5.74) is -0.589. The molecule has 0 aromatic rings. The Morgan fingerprint density at radius 3 is 2.43 bits per heavy atom. The maximum Gasteiger partial charge on any atom is 0.405 e. The molecule has 14 unspecified atom stereocenters. The van der Waals surface area contributed by atoms with Crippen LogP contribution in [0.1, 0.15) is 52.4 Å². The highest BCUT2D eigenvalue weighted by Gasteiger charge is 2.72. The lowest BCUT2D eigenvalue weighted by Crippen LogP contribution is -2.49. The van der Waals surface area contributed by atoms with Crippen LogP contribution in [0.5, 0.6) is 0 Å². The molecular weight excluding hydrogens is 610 g/mol. The van der Waals surface area contributed by atoms with Crippen molar-refractivity contribution in [3.63, 3.8) is 0 Å². The molecule has 7 fully saturated rings. The monoisotopic (exact) mass is 646 g/mol. The average molecular weight is 647 g/mol. The lowest BCUT2D eigenvalue weighted by atomic mass is 9.66. The fourth-order valence-electron chi connectivity index (χ4n) is 10.7. The van der Waals surface area contributed by atoms with Crippen LogP contribution in [0.15, 0.2) is 0 Å². The van der Waals surface area contributed by atoms with Crippen LogP contribution in [0, 0.1) is 59.2 Å². The number of carbonyl (C=O) groups is 4. The topological polar surface area (TPSA) is 169 Å². The Morgan fingerprint density at radius 1 is 1.05 bits per heavy atom. The molecule has 6 bridgehead atoms. The van der Waals surface area contributed by atoms with Gasteiger partial charge >= 0.3 is 39.2 Å². The SMILES string of the molecule is CC(OC(=O)COCC(=O)OC1C2CC3C1OC(=O)C3C2C(=O)OC1(C)CC2CC1C1C3CCC(C3)C21)C(F)(F)S(=O)(=O)O. The quantitative estimate of drug-likeness (QED) is 0.159. The van der Waals surface area contributed by atoms with E-state index in [1.165, 1.54) is 19.3 Å². The number of alkyl halides is 2. The van der Waals surface area contributed by atoms with Crippen LogP contribution in [-0.2, 0) is 53.0 Å². The summed E-state index contributed by atoms with van der Waals surface area (Å²) in [6.07, 6.45) is 2.05. The van der Waals surface area contributed by atoms with Crippen LogP contribution in [0.2, 0.25) is 0 Å². The zero-order chi connectivity index (χ0) is 31.5. The highest BCUT2D eigenvalue weighted by molar-refractivity contribution is 7.86. The van der Waals surface area contributed by atoms with Gasteiger partial charge in [0, 0.05) is 17.8 Å². The molecule has 1 N–H and O–H groups in total. The van der Waals surface area contributed by atoms with E-state index in [9.17, 15) is 36.4 Å². The summed E-state index contributed by atoms with van der Waals surface area (Å²) in [4.78, 5) is 51.0. The van der Waals surface area contributed by atoms with Crippen molar-refractivity contribution in [2.75, 3.05) is 13.2 Å². The van der Waals surface area contributed by atoms with E-state index in [1.54, 1.807) is 0 Å². The number of hydrogen-bond donors (Lipinski definition) is 1. The highest BCUT2D eigenvalue weighted by atomic mass is 32.2. The lowest BCUT2D eigenvalue weighted by molar-refractivity contribution is -0.183. The van der Waals surface area contributed by atoms with Crippen molar-refractivity contribution < 1.29 is 64.6 Å². The second kappa shape index (κ2) is 10.1. The first-order valence-electron chi connectivity index (χ1n) is 15.4. The van der Waals surface area contributed by atoms with E-state index in [2.05, 4.69) is 4.74 Å². The standard InChI is InChI=1S/C29H36F2O12S/c1-11(29(30,31)44(36,37)38)40-18(32)9-39-10-19(33)41-24-16-7-15-22(26(34)42-25(15)24)23(16)27(35)43-28(2)8-14-6-17(28)21-13-4-3-12(5-13)20(14)21/h11-17,20-25H,3-10H2,1-2H3,(H,36,37,38). The maximum atomic E-state index is 13.8. The molecule has 0 aromatic carbocycles. The van der Waals surface area contributed by atoms with Crippen molar-refractivity contribution in [2.24, 2.45) is 59.2 Å². The van der Waals surface area contributed by atoms with Crippen LogP contribution in [-0.4, -0.2) is 79.2 Å². The first kappa shape index (κ1) is 30.3. The van der Waals surface area contributed by atoms with Crippen molar-refractivity contribution in [1.29, 1.82) is 0 Å². The number of rotatable bonds is 10. The average Bonchev–Trinajstić information content (AvgIpc) is 3.76. The van der Waals surface area contributed by atoms with E-state index >= 15 is 0 Å². The Labute approximate surface area is 252 Å². The first-order valence-corrected chi connectivity index (χ1v) is 16.8. The molecular formula is C29H36F2O12S. The molecule has 12 nitrogen and oxygen atoms in total. The summed E-state index contributed by atoms with van der Waals surface area (Å²) in [5, 5.41) is -4.75. The second-order valence-corrected chi connectivity index (χ2v) is 15.7. The van der Waals surface area contributed by atoms with Crippen LogP contribution in [0.25, 0.3) is 0 Å². The minimum Gasteiger partial charge on any atom is -0.459 e. The van der Waals surface area contributed by atoms with Gasteiger partial charge in [0.25, 0.3) is 0 Å². The van der Waals surface area contributed by atoms with Crippen LogP contribution in [0.3, 0.4) is 0 Å². The van der Waals surface area contributed by atoms with Crippen molar-refractivity contribution >= 4 is 34.0 Å². The Morgan fingerprint density at radius 2 is 1.73 bits per heavy atom. The van der Waals surface area contributed by atoms with Gasteiger partial charge in [0.2, 0.25) is 0 Å².